The van der Waals surface area contributed by atoms with Gasteiger partial charge in [0.1, 0.15) is 5.82 Å². The zero-order chi connectivity index (χ0) is 8.81. The van der Waals surface area contributed by atoms with Crippen LogP contribution >= 0.6 is 0 Å². The smallest absolute Gasteiger partial charge is 0.123 e. The Kier molecular flexibility index (Phi) is 3.27. The molecular weight excluding hydrogens is 151 g/mol. The molecule has 0 amide bonds. The SMILES string of the molecule is C=C/C=C/Cc1ccc(F)cc1. The highest BCUT2D eigenvalue weighted by atomic mass is 19.1. The number of halogens is 1. The van der Waals surface area contributed by atoms with Crippen LogP contribution in [0.3, 0.4) is 0 Å². The van der Waals surface area contributed by atoms with E-state index in [1.165, 1.54) is 12.1 Å². The van der Waals surface area contributed by atoms with E-state index in [-0.39, 0.29) is 5.82 Å². The van der Waals surface area contributed by atoms with Crippen LogP contribution < -0.4 is 0 Å². The lowest BCUT2D eigenvalue weighted by Crippen LogP contribution is -1.80. The van der Waals surface area contributed by atoms with Crippen molar-refractivity contribution in [2.24, 2.45) is 0 Å². The molecule has 62 valence electrons. The quantitative estimate of drug-likeness (QED) is 0.599. The van der Waals surface area contributed by atoms with Crippen LogP contribution in [-0.2, 0) is 6.42 Å². The summed E-state index contributed by atoms with van der Waals surface area (Å²) in [5, 5.41) is 0. The van der Waals surface area contributed by atoms with E-state index >= 15 is 0 Å². The zero-order valence-corrected chi connectivity index (χ0v) is 6.83. The van der Waals surface area contributed by atoms with E-state index in [1.54, 1.807) is 18.2 Å². The Labute approximate surface area is 72.0 Å². The molecule has 0 nitrogen and oxygen atoms in total. The lowest BCUT2D eigenvalue weighted by molar-refractivity contribution is 0.627. The molecule has 1 aromatic rings. The van der Waals surface area contributed by atoms with E-state index in [9.17, 15) is 4.39 Å². The fourth-order valence-electron chi connectivity index (χ4n) is 0.921. The zero-order valence-electron chi connectivity index (χ0n) is 6.83. The van der Waals surface area contributed by atoms with Gasteiger partial charge in [-0.05, 0) is 24.1 Å². The Morgan fingerprint density at radius 1 is 1.25 bits per heavy atom. The van der Waals surface area contributed by atoms with Crippen molar-refractivity contribution in [2.45, 2.75) is 6.42 Å². The van der Waals surface area contributed by atoms with Crippen molar-refractivity contribution in [1.82, 2.24) is 0 Å². The standard InChI is InChI=1S/C11H11F/c1-2-3-4-5-10-6-8-11(12)9-7-10/h2-4,6-9H,1,5H2/b4-3+. The Morgan fingerprint density at radius 2 is 1.92 bits per heavy atom. The number of rotatable bonds is 3. The van der Waals surface area contributed by atoms with Crippen LogP contribution in [0.25, 0.3) is 0 Å². The highest BCUT2D eigenvalue weighted by molar-refractivity contribution is 5.19. The van der Waals surface area contributed by atoms with Crippen LogP contribution in [0, 0.1) is 5.82 Å². The Hall–Kier alpha value is -1.37. The fraction of sp³-hybridized carbons (Fsp3) is 0.0909. The van der Waals surface area contributed by atoms with Gasteiger partial charge in [-0.15, -0.1) is 0 Å². The van der Waals surface area contributed by atoms with Crippen molar-refractivity contribution >= 4 is 0 Å². The summed E-state index contributed by atoms with van der Waals surface area (Å²) in [5.74, 6) is -0.188. The third kappa shape index (κ3) is 2.70. The molecule has 1 aromatic carbocycles. The van der Waals surface area contributed by atoms with E-state index in [1.807, 2.05) is 12.2 Å². The molecule has 0 bridgehead atoms. The van der Waals surface area contributed by atoms with Gasteiger partial charge in [-0.3, -0.25) is 0 Å². The highest BCUT2D eigenvalue weighted by Gasteiger charge is 1.89. The van der Waals surface area contributed by atoms with Gasteiger partial charge in [0.2, 0.25) is 0 Å². The number of allylic oxidation sites excluding steroid dienone is 3. The van der Waals surface area contributed by atoms with Crippen LogP contribution in [0.4, 0.5) is 4.39 Å². The largest absolute Gasteiger partial charge is 0.207 e. The first kappa shape index (κ1) is 8.72. The Balaban J connectivity index is 2.58. The van der Waals surface area contributed by atoms with Gasteiger partial charge in [-0.1, -0.05) is 36.9 Å². The number of benzene rings is 1. The average Bonchev–Trinajstić information content (AvgIpc) is 2.09. The molecule has 0 saturated carbocycles. The van der Waals surface area contributed by atoms with E-state index in [0.717, 1.165) is 12.0 Å². The van der Waals surface area contributed by atoms with Crippen molar-refractivity contribution in [1.29, 1.82) is 0 Å². The summed E-state index contributed by atoms with van der Waals surface area (Å²) in [7, 11) is 0. The second kappa shape index (κ2) is 4.50. The van der Waals surface area contributed by atoms with E-state index in [2.05, 4.69) is 6.58 Å². The van der Waals surface area contributed by atoms with Crippen LogP contribution in [-0.4, -0.2) is 0 Å². The van der Waals surface area contributed by atoms with E-state index in [0.29, 0.717) is 0 Å². The Morgan fingerprint density at radius 3 is 2.50 bits per heavy atom. The van der Waals surface area contributed by atoms with Gasteiger partial charge < -0.3 is 0 Å². The summed E-state index contributed by atoms with van der Waals surface area (Å²) in [6.45, 7) is 3.56. The molecule has 0 saturated heterocycles. The lowest BCUT2D eigenvalue weighted by Gasteiger charge is -1.94. The maximum absolute atomic E-state index is 12.4. The minimum Gasteiger partial charge on any atom is -0.207 e. The van der Waals surface area contributed by atoms with Gasteiger partial charge in [-0.25, -0.2) is 4.39 Å². The molecule has 0 radical (unpaired) electrons. The topological polar surface area (TPSA) is 0 Å². The molecule has 0 aliphatic rings. The molecule has 0 aliphatic heterocycles. The molecule has 0 heterocycles. The average molecular weight is 162 g/mol. The van der Waals surface area contributed by atoms with Gasteiger partial charge in [0.15, 0.2) is 0 Å². The van der Waals surface area contributed by atoms with Crippen molar-refractivity contribution in [2.75, 3.05) is 0 Å². The molecular formula is C11H11F. The molecule has 12 heavy (non-hydrogen) atoms. The third-order valence-electron chi connectivity index (χ3n) is 1.54. The van der Waals surface area contributed by atoms with Crippen LogP contribution in [0.2, 0.25) is 0 Å². The van der Waals surface area contributed by atoms with Gasteiger partial charge in [-0.2, -0.15) is 0 Å². The summed E-state index contributed by atoms with van der Waals surface area (Å²) < 4.78 is 12.4. The maximum atomic E-state index is 12.4. The van der Waals surface area contributed by atoms with E-state index in [4.69, 9.17) is 0 Å². The predicted octanol–water partition coefficient (Wildman–Crippen LogP) is 3.11. The summed E-state index contributed by atoms with van der Waals surface area (Å²) in [6, 6.07) is 6.50. The van der Waals surface area contributed by atoms with Crippen molar-refractivity contribution in [3.63, 3.8) is 0 Å². The number of hydrogen-bond donors (Lipinski definition) is 0. The second-order valence-corrected chi connectivity index (χ2v) is 2.49. The molecule has 0 unspecified atom stereocenters. The van der Waals surface area contributed by atoms with Crippen molar-refractivity contribution < 1.29 is 4.39 Å². The van der Waals surface area contributed by atoms with Gasteiger partial charge in [0.25, 0.3) is 0 Å². The lowest BCUT2D eigenvalue weighted by atomic mass is 10.1. The van der Waals surface area contributed by atoms with Crippen LogP contribution in [0.1, 0.15) is 5.56 Å². The summed E-state index contributed by atoms with van der Waals surface area (Å²) >= 11 is 0. The van der Waals surface area contributed by atoms with E-state index < -0.39 is 0 Å². The summed E-state index contributed by atoms with van der Waals surface area (Å²) in [5.41, 5.74) is 1.11. The van der Waals surface area contributed by atoms with Crippen molar-refractivity contribution in [3.05, 3.63) is 60.5 Å². The summed E-state index contributed by atoms with van der Waals surface area (Å²) in [4.78, 5) is 0. The number of hydrogen-bond acceptors (Lipinski definition) is 0. The predicted molar refractivity (Wildman–Crippen MR) is 49.4 cm³/mol. The minimum atomic E-state index is -0.188. The monoisotopic (exact) mass is 162 g/mol. The molecule has 0 atom stereocenters. The van der Waals surface area contributed by atoms with Gasteiger partial charge in [0.05, 0.1) is 0 Å². The highest BCUT2D eigenvalue weighted by Crippen LogP contribution is 2.03. The minimum absolute atomic E-state index is 0.188. The first-order chi connectivity index (χ1) is 5.83. The van der Waals surface area contributed by atoms with Gasteiger partial charge >= 0.3 is 0 Å². The summed E-state index contributed by atoms with van der Waals surface area (Å²) in [6.07, 6.45) is 6.42. The third-order valence-corrected chi connectivity index (χ3v) is 1.54. The normalized spacial score (nSPS) is 10.4. The molecule has 0 aliphatic carbocycles. The maximum Gasteiger partial charge on any atom is 0.123 e. The molecule has 1 rings (SSSR count). The first-order valence-electron chi connectivity index (χ1n) is 3.85. The second-order valence-electron chi connectivity index (χ2n) is 2.49. The molecule has 1 heteroatoms. The fourth-order valence-corrected chi connectivity index (χ4v) is 0.921. The van der Waals surface area contributed by atoms with Crippen LogP contribution in [0.15, 0.2) is 49.1 Å². The first-order valence-corrected chi connectivity index (χ1v) is 3.85. The molecule has 0 aromatic heterocycles. The molecule has 0 spiro atoms. The molecule has 0 N–H and O–H groups in total. The van der Waals surface area contributed by atoms with Crippen molar-refractivity contribution in [3.8, 4) is 0 Å². The Bertz CT molecular complexity index is 270. The van der Waals surface area contributed by atoms with Crippen LogP contribution in [0.5, 0.6) is 0 Å². The molecule has 0 fully saturated rings. The van der Waals surface area contributed by atoms with Gasteiger partial charge in [0, 0.05) is 0 Å².